The Labute approximate surface area is 56.5 Å². The molecule has 1 radical (unpaired) electrons. The Morgan fingerprint density at radius 2 is 2.56 bits per heavy atom. The monoisotopic (exact) mass is 125 g/mol. The number of rotatable bonds is 2. The van der Waals surface area contributed by atoms with E-state index in [1.165, 1.54) is 6.42 Å². The van der Waals surface area contributed by atoms with Crippen LogP contribution in [0.4, 0.5) is 0 Å². The zero-order chi connectivity index (χ0) is 6.53. The van der Waals surface area contributed by atoms with E-state index < -0.39 is 0 Å². The number of hydrogen-bond acceptors (Lipinski definition) is 2. The highest BCUT2D eigenvalue weighted by Crippen LogP contribution is 1.96. The van der Waals surface area contributed by atoms with Crippen LogP contribution in [0.2, 0.25) is 0 Å². The highest BCUT2D eigenvalue weighted by atomic mass is 15.5. The van der Waals surface area contributed by atoms with Crippen molar-refractivity contribution in [2.24, 2.45) is 0 Å². The predicted molar refractivity (Wildman–Crippen MR) is 38.4 cm³/mol. The molecular weight excluding hydrogens is 112 g/mol. The summed E-state index contributed by atoms with van der Waals surface area (Å²) in [4.78, 5) is 0. The van der Waals surface area contributed by atoms with E-state index in [1.807, 2.05) is 0 Å². The maximum atomic E-state index is 3.71. The molecular formula is C7H13N2. The van der Waals surface area contributed by atoms with Crippen LogP contribution in [0.1, 0.15) is 12.8 Å². The number of nitrogens with zero attached hydrogens (tertiary/aromatic N) is 1. The molecule has 2 nitrogen and oxygen atoms in total. The van der Waals surface area contributed by atoms with Gasteiger partial charge in [0.1, 0.15) is 0 Å². The van der Waals surface area contributed by atoms with Crippen LogP contribution in [-0.2, 0) is 0 Å². The molecule has 1 rings (SSSR count). The van der Waals surface area contributed by atoms with Gasteiger partial charge in [-0.2, -0.15) is 0 Å². The SMILES string of the molecule is [CH2]C/C=C/N1CCCN1. The second-order valence-electron chi connectivity index (χ2n) is 2.13. The van der Waals surface area contributed by atoms with Gasteiger partial charge in [-0.15, -0.1) is 0 Å². The van der Waals surface area contributed by atoms with Crippen molar-refractivity contribution in [3.63, 3.8) is 0 Å². The Balaban J connectivity index is 2.18. The van der Waals surface area contributed by atoms with Crippen LogP contribution >= 0.6 is 0 Å². The summed E-state index contributed by atoms with van der Waals surface area (Å²) in [5, 5.41) is 2.10. The minimum atomic E-state index is 0.873. The highest BCUT2D eigenvalue weighted by Gasteiger charge is 2.03. The Morgan fingerprint density at radius 3 is 3.11 bits per heavy atom. The maximum Gasteiger partial charge on any atom is 0.0350 e. The van der Waals surface area contributed by atoms with Crippen molar-refractivity contribution in [2.45, 2.75) is 12.8 Å². The van der Waals surface area contributed by atoms with E-state index in [4.69, 9.17) is 0 Å². The van der Waals surface area contributed by atoms with Gasteiger partial charge in [0.15, 0.2) is 0 Å². The quantitative estimate of drug-likeness (QED) is 0.590. The van der Waals surface area contributed by atoms with Gasteiger partial charge in [0.05, 0.1) is 0 Å². The van der Waals surface area contributed by atoms with Crippen molar-refractivity contribution < 1.29 is 0 Å². The third-order valence-corrected chi connectivity index (χ3v) is 1.34. The molecule has 0 aromatic carbocycles. The Kier molecular flexibility index (Phi) is 2.58. The molecule has 0 atom stereocenters. The van der Waals surface area contributed by atoms with E-state index in [0.29, 0.717) is 0 Å². The molecule has 0 saturated carbocycles. The predicted octanol–water partition coefficient (Wildman–Crippen LogP) is 0.935. The van der Waals surface area contributed by atoms with Crippen molar-refractivity contribution in [3.05, 3.63) is 19.2 Å². The van der Waals surface area contributed by atoms with Gasteiger partial charge in [0.25, 0.3) is 0 Å². The van der Waals surface area contributed by atoms with E-state index in [9.17, 15) is 0 Å². The molecule has 9 heavy (non-hydrogen) atoms. The van der Waals surface area contributed by atoms with Crippen molar-refractivity contribution in [2.75, 3.05) is 13.1 Å². The number of allylic oxidation sites excluding steroid dienone is 1. The highest BCUT2D eigenvalue weighted by molar-refractivity contribution is 4.83. The van der Waals surface area contributed by atoms with Gasteiger partial charge in [-0.1, -0.05) is 6.08 Å². The van der Waals surface area contributed by atoms with Crippen molar-refractivity contribution in [1.82, 2.24) is 10.4 Å². The zero-order valence-corrected chi connectivity index (χ0v) is 5.64. The van der Waals surface area contributed by atoms with Gasteiger partial charge >= 0.3 is 0 Å². The topological polar surface area (TPSA) is 15.3 Å². The molecule has 1 fully saturated rings. The van der Waals surface area contributed by atoms with Crippen LogP contribution in [0.25, 0.3) is 0 Å². The summed E-state index contributed by atoms with van der Waals surface area (Å²) in [5.74, 6) is 0. The standard InChI is InChI=1S/C7H13N2/c1-2-3-6-9-7-4-5-8-9/h3,6,8H,1-2,4-5,7H2/b6-3+. The van der Waals surface area contributed by atoms with Crippen LogP contribution in [-0.4, -0.2) is 18.1 Å². The van der Waals surface area contributed by atoms with E-state index in [0.717, 1.165) is 19.5 Å². The van der Waals surface area contributed by atoms with Gasteiger partial charge in [0, 0.05) is 19.3 Å². The summed E-state index contributed by atoms with van der Waals surface area (Å²) in [5.41, 5.74) is 3.21. The molecule has 1 saturated heterocycles. The van der Waals surface area contributed by atoms with Crippen molar-refractivity contribution in [3.8, 4) is 0 Å². The van der Waals surface area contributed by atoms with Crippen molar-refractivity contribution in [1.29, 1.82) is 0 Å². The summed E-state index contributed by atoms with van der Waals surface area (Å²) < 4.78 is 0. The first kappa shape index (κ1) is 6.62. The molecule has 1 heterocycles. The first-order valence-electron chi connectivity index (χ1n) is 3.39. The van der Waals surface area contributed by atoms with Crippen LogP contribution in [0.5, 0.6) is 0 Å². The Morgan fingerprint density at radius 1 is 1.67 bits per heavy atom. The van der Waals surface area contributed by atoms with Crippen LogP contribution < -0.4 is 5.43 Å². The largest absolute Gasteiger partial charge is 0.316 e. The molecule has 0 aliphatic carbocycles. The second kappa shape index (κ2) is 3.51. The number of hydrazine groups is 1. The molecule has 0 bridgehead atoms. The third kappa shape index (κ3) is 2.06. The lowest BCUT2D eigenvalue weighted by molar-refractivity contribution is 0.358. The Hall–Kier alpha value is -0.500. The van der Waals surface area contributed by atoms with Crippen molar-refractivity contribution >= 4 is 0 Å². The summed E-state index contributed by atoms with van der Waals surface area (Å²) in [7, 11) is 0. The molecule has 51 valence electrons. The fraction of sp³-hybridized carbons (Fsp3) is 0.571. The molecule has 1 aliphatic rings. The molecule has 0 aromatic rings. The number of hydrogen-bond donors (Lipinski definition) is 1. The number of nitrogens with one attached hydrogen (secondary N) is 1. The summed E-state index contributed by atoms with van der Waals surface area (Å²) in [6.45, 7) is 5.95. The smallest absolute Gasteiger partial charge is 0.0350 e. The lowest BCUT2D eigenvalue weighted by atomic mass is 10.4. The van der Waals surface area contributed by atoms with Gasteiger partial charge < -0.3 is 5.01 Å². The second-order valence-corrected chi connectivity index (χ2v) is 2.13. The lowest BCUT2D eigenvalue weighted by Crippen LogP contribution is -2.24. The van der Waals surface area contributed by atoms with E-state index in [2.05, 4.69) is 29.6 Å². The fourth-order valence-electron chi connectivity index (χ4n) is 0.880. The molecule has 0 unspecified atom stereocenters. The van der Waals surface area contributed by atoms with E-state index >= 15 is 0 Å². The summed E-state index contributed by atoms with van der Waals surface area (Å²) >= 11 is 0. The first-order chi connectivity index (χ1) is 4.43. The van der Waals surface area contributed by atoms with E-state index in [-0.39, 0.29) is 0 Å². The molecule has 1 N–H and O–H groups in total. The minimum Gasteiger partial charge on any atom is -0.316 e. The average molecular weight is 125 g/mol. The summed E-state index contributed by atoms with van der Waals surface area (Å²) in [6, 6.07) is 0. The van der Waals surface area contributed by atoms with Gasteiger partial charge in [-0.25, -0.2) is 5.43 Å². The van der Waals surface area contributed by atoms with E-state index in [1.54, 1.807) is 0 Å². The molecule has 0 spiro atoms. The minimum absolute atomic E-state index is 0.873. The fourth-order valence-corrected chi connectivity index (χ4v) is 0.880. The molecule has 0 amide bonds. The summed E-state index contributed by atoms with van der Waals surface area (Å²) in [6.07, 6.45) is 6.23. The van der Waals surface area contributed by atoms with Crippen LogP contribution in [0, 0.1) is 6.92 Å². The van der Waals surface area contributed by atoms with Gasteiger partial charge in [-0.3, -0.25) is 0 Å². The van der Waals surface area contributed by atoms with Gasteiger partial charge in [-0.05, 0) is 19.8 Å². The maximum absolute atomic E-state index is 3.71. The van der Waals surface area contributed by atoms with Crippen LogP contribution in [0.3, 0.4) is 0 Å². The average Bonchev–Trinajstić information content (AvgIpc) is 2.34. The first-order valence-corrected chi connectivity index (χ1v) is 3.39. The van der Waals surface area contributed by atoms with Gasteiger partial charge in [0.2, 0.25) is 0 Å². The van der Waals surface area contributed by atoms with Crippen LogP contribution in [0.15, 0.2) is 12.3 Å². The normalized spacial score (nSPS) is 19.9. The lowest BCUT2D eigenvalue weighted by Gasteiger charge is -2.09. The Bertz CT molecular complexity index is 93.1. The zero-order valence-electron chi connectivity index (χ0n) is 5.64. The molecule has 2 heteroatoms. The molecule has 0 aromatic heterocycles. The third-order valence-electron chi connectivity index (χ3n) is 1.34. The molecule has 1 aliphatic heterocycles.